The van der Waals surface area contributed by atoms with Gasteiger partial charge in [-0.15, -0.1) is 0 Å². The summed E-state index contributed by atoms with van der Waals surface area (Å²) in [6.07, 6.45) is 5.34. The first-order valence-corrected chi connectivity index (χ1v) is 11.9. The molecular weight excluding hydrogens is 422 g/mol. The number of sulfonamides is 1. The fourth-order valence-electron chi connectivity index (χ4n) is 3.84. The Kier molecular flexibility index (Phi) is 6.13. The second kappa shape index (κ2) is 8.79. The van der Waals surface area contributed by atoms with Gasteiger partial charge in [-0.1, -0.05) is 36.2 Å². The lowest BCUT2D eigenvalue weighted by Gasteiger charge is -2.26. The maximum Gasteiger partial charge on any atom is 0.252 e. The monoisotopic (exact) mass is 445 g/mol. The molecule has 4 rings (SSSR count). The van der Waals surface area contributed by atoms with E-state index in [1.54, 1.807) is 0 Å². The SMILES string of the molecule is O=C(NCCc1c[nH]c2ccccc12)c1cc(S(=O)(=O)N2CCCCC2)ccc1Cl. The average Bonchev–Trinajstić information content (AvgIpc) is 3.17. The lowest BCUT2D eigenvalue weighted by atomic mass is 10.1. The van der Waals surface area contributed by atoms with Gasteiger partial charge in [0.25, 0.3) is 5.91 Å². The maximum absolute atomic E-state index is 12.9. The number of aromatic nitrogens is 1. The van der Waals surface area contributed by atoms with Crippen molar-refractivity contribution in [3.63, 3.8) is 0 Å². The number of piperidine rings is 1. The van der Waals surface area contributed by atoms with Gasteiger partial charge in [-0.05, 0) is 49.1 Å². The van der Waals surface area contributed by atoms with E-state index in [1.165, 1.54) is 22.5 Å². The lowest BCUT2D eigenvalue weighted by molar-refractivity contribution is 0.0954. The Hall–Kier alpha value is -2.35. The van der Waals surface area contributed by atoms with Crippen LogP contribution in [-0.2, 0) is 16.4 Å². The molecule has 0 bridgehead atoms. The standard InChI is InChI=1S/C22H24ClN3O3S/c23-20-9-8-17(30(28,29)26-12-4-1-5-13-26)14-19(20)22(27)24-11-10-16-15-25-21-7-3-2-6-18(16)21/h2-3,6-9,14-15,25H,1,4-5,10-13H2,(H,24,27). The Balaban J connectivity index is 1.46. The van der Waals surface area contributed by atoms with Gasteiger partial charge in [0.15, 0.2) is 0 Å². The molecule has 1 saturated heterocycles. The van der Waals surface area contributed by atoms with Gasteiger partial charge in [-0.2, -0.15) is 4.31 Å². The van der Waals surface area contributed by atoms with E-state index in [-0.39, 0.29) is 21.4 Å². The number of rotatable bonds is 6. The molecule has 1 fully saturated rings. The molecule has 0 saturated carbocycles. The number of benzene rings is 2. The molecule has 3 aromatic rings. The number of nitrogens with one attached hydrogen (secondary N) is 2. The summed E-state index contributed by atoms with van der Waals surface area (Å²) in [7, 11) is -3.62. The van der Waals surface area contributed by atoms with Crippen LogP contribution in [0.4, 0.5) is 0 Å². The van der Waals surface area contributed by atoms with Crippen LogP contribution in [0.1, 0.15) is 35.2 Å². The summed E-state index contributed by atoms with van der Waals surface area (Å²) >= 11 is 6.21. The highest BCUT2D eigenvalue weighted by Gasteiger charge is 2.27. The van der Waals surface area contributed by atoms with Crippen LogP contribution in [0.25, 0.3) is 10.9 Å². The van der Waals surface area contributed by atoms with Crippen LogP contribution in [0.3, 0.4) is 0 Å². The van der Waals surface area contributed by atoms with Gasteiger partial charge in [0.1, 0.15) is 0 Å². The molecule has 8 heteroatoms. The minimum Gasteiger partial charge on any atom is -0.361 e. The van der Waals surface area contributed by atoms with Gasteiger partial charge in [0.2, 0.25) is 10.0 Å². The van der Waals surface area contributed by atoms with E-state index in [0.29, 0.717) is 26.1 Å². The zero-order valence-corrected chi connectivity index (χ0v) is 18.1. The predicted molar refractivity (Wildman–Crippen MR) is 118 cm³/mol. The van der Waals surface area contributed by atoms with Crippen LogP contribution in [0.2, 0.25) is 5.02 Å². The van der Waals surface area contributed by atoms with Crippen molar-refractivity contribution in [2.75, 3.05) is 19.6 Å². The minimum absolute atomic E-state index is 0.107. The van der Waals surface area contributed by atoms with Crippen LogP contribution in [0.5, 0.6) is 0 Å². The second-order valence-electron chi connectivity index (χ2n) is 7.47. The molecule has 2 heterocycles. The van der Waals surface area contributed by atoms with Gasteiger partial charge in [-0.3, -0.25) is 4.79 Å². The van der Waals surface area contributed by atoms with E-state index in [2.05, 4.69) is 10.3 Å². The van der Waals surface area contributed by atoms with E-state index in [1.807, 2.05) is 30.5 Å². The van der Waals surface area contributed by atoms with Crippen LogP contribution in [0.15, 0.2) is 53.6 Å². The molecule has 2 aromatic carbocycles. The van der Waals surface area contributed by atoms with Crippen molar-refractivity contribution < 1.29 is 13.2 Å². The summed E-state index contributed by atoms with van der Waals surface area (Å²) in [5.74, 6) is -0.379. The lowest BCUT2D eigenvalue weighted by Crippen LogP contribution is -2.35. The number of carbonyl (C=O) groups is 1. The average molecular weight is 446 g/mol. The van der Waals surface area contributed by atoms with Gasteiger partial charge >= 0.3 is 0 Å². The number of H-pyrrole nitrogens is 1. The zero-order valence-electron chi connectivity index (χ0n) is 16.5. The summed E-state index contributed by atoms with van der Waals surface area (Å²) in [5.41, 5.74) is 2.34. The van der Waals surface area contributed by atoms with Crippen molar-refractivity contribution in [1.29, 1.82) is 0 Å². The minimum atomic E-state index is -3.62. The summed E-state index contributed by atoms with van der Waals surface area (Å²) in [6, 6.07) is 12.3. The summed E-state index contributed by atoms with van der Waals surface area (Å²) in [5, 5.41) is 4.21. The maximum atomic E-state index is 12.9. The third kappa shape index (κ3) is 4.24. The van der Waals surface area contributed by atoms with Gasteiger partial charge in [-0.25, -0.2) is 8.42 Å². The first-order valence-electron chi connectivity index (χ1n) is 10.1. The van der Waals surface area contributed by atoms with Crippen molar-refractivity contribution in [2.45, 2.75) is 30.6 Å². The number of halogens is 1. The zero-order chi connectivity index (χ0) is 21.1. The molecule has 1 aliphatic rings. The van der Waals surface area contributed by atoms with Crippen molar-refractivity contribution in [1.82, 2.24) is 14.6 Å². The molecule has 0 spiro atoms. The van der Waals surface area contributed by atoms with Gasteiger partial charge in [0, 0.05) is 36.7 Å². The summed E-state index contributed by atoms with van der Waals surface area (Å²) in [4.78, 5) is 16.0. The molecule has 1 aromatic heterocycles. The molecule has 0 aliphatic carbocycles. The van der Waals surface area contributed by atoms with Crippen molar-refractivity contribution in [3.05, 3.63) is 64.8 Å². The molecule has 0 atom stereocenters. The Morgan fingerprint density at radius 3 is 2.67 bits per heavy atom. The fraction of sp³-hybridized carbons (Fsp3) is 0.318. The summed E-state index contributed by atoms with van der Waals surface area (Å²) in [6.45, 7) is 1.44. The van der Waals surface area contributed by atoms with Crippen molar-refractivity contribution in [3.8, 4) is 0 Å². The first kappa shape index (κ1) is 20.9. The Labute approximate surface area is 181 Å². The normalized spacial score (nSPS) is 15.4. The molecule has 0 unspecified atom stereocenters. The highest BCUT2D eigenvalue weighted by molar-refractivity contribution is 7.89. The highest BCUT2D eigenvalue weighted by Crippen LogP contribution is 2.25. The molecule has 2 N–H and O–H groups in total. The Morgan fingerprint density at radius 2 is 1.87 bits per heavy atom. The Morgan fingerprint density at radius 1 is 1.10 bits per heavy atom. The van der Waals surface area contributed by atoms with Crippen LogP contribution in [-0.4, -0.2) is 43.2 Å². The summed E-state index contributed by atoms with van der Waals surface area (Å²) < 4.78 is 27.3. The third-order valence-corrected chi connectivity index (χ3v) is 7.71. The number of nitrogens with zero attached hydrogens (tertiary/aromatic N) is 1. The number of para-hydroxylation sites is 1. The largest absolute Gasteiger partial charge is 0.361 e. The van der Waals surface area contributed by atoms with Gasteiger partial charge < -0.3 is 10.3 Å². The van der Waals surface area contributed by atoms with E-state index >= 15 is 0 Å². The molecule has 1 aliphatic heterocycles. The number of hydrogen-bond acceptors (Lipinski definition) is 3. The van der Waals surface area contributed by atoms with Gasteiger partial charge in [0.05, 0.1) is 15.5 Å². The molecule has 1 amide bonds. The van der Waals surface area contributed by atoms with E-state index in [4.69, 9.17) is 11.6 Å². The molecule has 158 valence electrons. The van der Waals surface area contributed by atoms with E-state index in [9.17, 15) is 13.2 Å². The van der Waals surface area contributed by atoms with Crippen LogP contribution in [0, 0.1) is 0 Å². The third-order valence-electron chi connectivity index (χ3n) is 5.49. The smallest absolute Gasteiger partial charge is 0.252 e. The van der Waals surface area contributed by atoms with E-state index < -0.39 is 10.0 Å². The van der Waals surface area contributed by atoms with Crippen LogP contribution < -0.4 is 5.32 Å². The van der Waals surface area contributed by atoms with Crippen LogP contribution >= 0.6 is 11.6 Å². The predicted octanol–water partition coefficient (Wildman–Crippen LogP) is 3.97. The van der Waals surface area contributed by atoms with Crippen molar-refractivity contribution >= 4 is 38.4 Å². The molecular formula is C22H24ClN3O3S. The number of carbonyl (C=O) groups excluding carboxylic acids is 1. The molecule has 6 nitrogen and oxygen atoms in total. The Bertz CT molecular complexity index is 1170. The first-order chi connectivity index (χ1) is 14.5. The second-order valence-corrected chi connectivity index (χ2v) is 9.82. The topological polar surface area (TPSA) is 82.3 Å². The molecule has 0 radical (unpaired) electrons. The number of fused-ring (bicyclic) bond motifs is 1. The molecule has 30 heavy (non-hydrogen) atoms. The highest BCUT2D eigenvalue weighted by atomic mass is 35.5. The number of hydrogen-bond donors (Lipinski definition) is 2. The van der Waals surface area contributed by atoms with E-state index in [0.717, 1.165) is 35.7 Å². The fourth-order valence-corrected chi connectivity index (χ4v) is 5.58. The van der Waals surface area contributed by atoms with Crippen molar-refractivity contribution in [2.24, 2.45) is 0 Å². The number of aromatic amines is 1. The number of amides is 1. The quantitative estimate of drug-likeness (QED) is 0.602.